The fourth-order valence-electron chi connectivity index (χ4n) is 7.65. The highest BCUT2D eigenvalue weighted by atomic mass is 16.5. The number of nitrogens with two attached hydrogens (primary N) is 1. The maximum Gasteiger partial charge on any atom is 0.412 e. The van der Waals surface area contributed by atoms with Gasteiger partial charge in [-0.15, -0.1) is 0 Å². The highest BCUT2D eigenvalue weighted by molar-refractivity contribution is 5.94. The Balaban J connectivity index is 0.917. The van der Waals surface area contributed by atoms with Crippen molar-refractivity contribution in [3.8, 4) is 28.4 Å². The van der Waals surface area contributed by atoms with Crippen molar-refractivity contribution >= 4 is 22.7 Å². The van der Waals surface area contributed by atoms with E-state index in [1.54, 1.807) is 17.0 Å². The first-order valence-electron chi connectivity index (χ1n) is 19.3. The molecule has 0 bridgehead atoms. The molecule has 1 heterocycles. The quantitative estimate of drug-likeness (QED) is 0.0646. The zero-order valence-corrected chi connectivity index (χ0v) is 31.2. The number of phenolic OH excluding ortho intramolecular Hbond substituents is 1. The van der Waals surface area contributed by atoms with E-state index in [1.807, 2.05) is 66.7 Å². The zero-order valence-electron chi connectivity index (χ0n) is 31.2. The predicted molar refractivity (Wildman–Crippen MR) is 220 cm³/mol. The van der Waals surface area contributed by atoms with Crippen LogP contribution in [0.3, 0.4) is 0 Å². The Hall–Kier alpha value is -5.94. The number of carbonyl (C=O) groups is 1. The molecule has 6 aromatic rings. The van der Waals surface area contributed by atoms with Crippen LogP contribution in [0.5, 0.6) is 17.2 Å². The number of hydrogen-bond acceptors (Lipinski definition) is 7. The van der Waals surface area contributed by atoms with Crippen molar-refractivity contribution in [3.63, 3.8) is 0 Å². The van der Waals surface area contributed by atoms with Crippen LogP contribution in [-0.4, -0.2) is 45.0 Å². The van der Waals surface area contributed by atoms with E-state index in [2.05, 4.69) is 40.6 Å². The summed E-state index contributed by atoms with van der Waals surface area (Å²) >= 11 is 0. The van der Waals surface area contributed by atoms with E-state index >= 15 is 0 Å². The number of H-pyrrole nitrogens is 1. The highest BCUT2D eigenvalue weighted by Gasteiger charge is 2.30. The Morgan fingerprint density at radius 3 is 2.18 bits per heavy atom. The van der Waals surface area contributed by atoms with Crippen LogP contribution >= 0.6 is 0 Å². The van der Waals surface area contributed by atoms with E-state index in [1.165, 1.54) is 17.7 Å². The average molecular weight is 753 g/mol. The Labute approximate surface area is 326 Å². The van der Waals surface area contributed by atoms with Crippen LogP contribution in [0.4, 0.5) is 10.5 Å². The first kappa shape index (κ1) is 38.3. The number of nitrogens with one attached hydrogen (secondary N) is 2. The molecule has 1 atom stereocenters. The fourth-order valence-corrected chi connectivity index (χ4v) is 7.65. The van der Waals surface area contributed by atoms with Crippen LogP contribution in [0.2, 0.25) is 0 Å². The maximum absolute atomic E-state index is 12.7. The molecule has 1 aliphatic carbocycles. The van der Waals surface area contributed by atoms with Crippen LogP contribution in [0.15, 0.2) is 126 Å². The standard InChI is InChI=1S/C46H48N4O6/c47-34-14-16-35(17-15-34)50(46(54)55)41-27-31(13-22-38(41)33-7-2-1-3-8-33)6-4-5-30-9-18-36(19-10-30)56-37-20-11-32(12-21-37)28-48-29-43(52)39-23-25-42(51)45-40(39)24-26-44(53)49-45/h1-3,7-13,18-27,34-35,43,48,51-52H,4-6,14-17,28-29,47H2,(H,49,53)(H,54,55)/t34?,35?,43-/m1/s1. The smallest absolute Gasteiger partial charge is 0.412 e. The van der Waals surface area contributed by atoms with Crippen LogP contribution in [0.1, 0.15) is 60.5 Å². The molecule has 1 fully saturated rings. The van der Waals surface area contributed by atoms with E-state index in [0.717, 1.165) is 78.6 Å². The minimum Gasteiger partial charge on any atom is -0.506 e. The topological polar surface area (TPSA) is 161 Å². The van der Waals surface area contributed by atoms with Gasteiger partial charge in [0.05, 0.1) is 17.3 Å². The largest absolute Gasteiger partial charge is 0.506 e. The van der Waals surface area contributed by atoms with Gasteiger partial charge in [-0.05, 0) is 115 Å². The molecule has 7 rings (SSSR count). The summed E-state index contributed by atoms with van der Waals surface area (Å²) in [6, 6.07) is 38.3. The Bertz CT molecular complexity index is 2300. The lowest BCUT2D eigenvalue weighted by Gasteiger charge is -2.35. The number of hydrogen-bond donors (Lipinski definition) is 6. The van der Waals surface area contributed by atoms with Gasteiger partial charge in [0.1, 0.15) is 17.2 Å². The fraction of sp³-hybridized carbons (Fsp3) is 0.261. The number of fused-ring (bicyclic) bond motifs is 1. The van der Waals surface area contributed by atoms with Crippen LogP contribution in [0.25, 0.3) is 22.0 Å². The zero-order chi connectivity index (χ0) is 39.0. The molecule has 1 saturated carbocycles. The summed E-state index contributed by atoms with van der Waals surface area (Å²) < 4.78 is 6.11. The third-order valence-electron chi connectivity index (χ3n) is 10.7. The first-order chi connectivity index (χ1) is 27.2. The van der Waals surface area contributed by atoms with Gasteiger partial charge in [0, 0.05) is 42.2 Å². The normalized spacial score (nSPS) is 16.0. The number of aryl methyl sites for hydroxylation is 2. The average Bonchev–Trinajstić information content (AvgIpc) is 3.21. The summed E-state index contributed by atoms with van der Waals surface area (Å²) in [4.78, 5) is 28.7. The van der Waals surface area contributed by atoms with Crippen LogP contribution in [-0.2, 0) is 19.4 Å². The summed E-state index contributed by atoms with van der Waals surface area (Å²) in [5.41, 5.74) is 12.8. The molecule has 0 radical (unpaired) electrons. The SMILES string of the molecule is NC1CCC(N(C(=O)O)c2cc(CCCc3ccc(Oc4ccc(CNC[C@@H](O)c5ccc(O)c6[nH]c(=O)ccc56)cc4)cc3)ccc2-c2ccccc2)CC1. The lowest BCUT2D eigenvalue weighted by atomic mass is 9.89. The number of aromatic amines is 1. The van der Waals surface area contributed by atoms with E-state index in [9.17, 15) is 24.9 Å². The molecule has 56 heavy (non-hydrogen) atoms. The van der Waals surface area contributed by atoms with Crippen molar-refractivity contribution in [3.05, 3.63) is 154 Å². The monoisotopic (exact) mass is 752 g/mol. The number of rotatable bonds is 14. The number of ether oxygens (including phenoxy) is 1. The molecule has 1 aliphatic rings. The number of pyridine rings is 1. The minimum atomic E-state index is -0.926. The van der Waals surface area contributed by atoms with Gasteiger partial charge < -0.3 is 36.1 Å². The molecule has 10 nitrogen and oxygen atoms in total. The van der Waals surface area contributed by atoms with Gasteiger partial charge in [0.2, 0.25) is 5.56 Å². The van der Waals surface area contributed by atoms with Gasteiger partial charge in [-0.2, -0.15) is 0 Å². The number of aromatic hydroxyl groups is 1. The highest BCUT2D eigenvalue weighted by Crippen LogP contribution is 2.37. The maximum atomic E-state index is 12.7. The van der Waals surface area contributed by atoms with Gasteiger partial charge in [-0.1, -0.05) is 72.8 Å². The summed E-state index contributed by atoms with van der Waals surface area (Å²) in [5, 5.41) is 35.3. The molecule has 0 spiro atoms. The number of aromatic nitrogens is 1. The number of nitrogens with zero attached hydrogens (tertiary/aromatic N) is 1. The van der Waals surface area contributed by atoms with Crippen molar-refractivity contribution in [1.82, 2.24) is 10.3 Å². The molecule has 10 heteroatoms. The minimum absolute atomic E-state index is 0.0412. The molecule has 288 valence electrons. The number of carboxylic acid groups (broad SMARTS) is 1. The predicted octanol–water partition coefficient (Wildman–Crippen LogP) is 8.45. The second kappa shape index (κ2) is 17.7. The van der Waals surface area contributed by atoms with E-state index in [0.29, 0.717) is 28.8 Å². The van der Waals surface area contributed by atoms with Crippen molar-refractivity contribution in [2.24, 2.45) is 5.73 Å². The van der Waals surface area contributed by atoms with Crippen molar-refractivity contribution in [1.29, 1.82) is 0 Å². The van der Waals surface area contributed by atoms with Crippen LogP contribution < -0.4 is 26.2 Å². The number of benzene rings is 5. The molecule has 7 N–H and O–H groups in total. The van der Waals surface area contributed by atoms with Gasteiger partial charge in [-0.3, -0.25) is 9.69 Å². The Morgan fingerprint density at radius 2 is 1.48 bits per heavy atom. The molecule has 0 saturated heterocycles. The third kappa shape index (κ3) is 9.29. The molecular weight excluding hydrogens is 705 g/mol. The summed E-state index contributed by atoms with van der Waals surface area (Å²) in [5.74, 6) is 1.41. The molecular formula is C46H48N4O6. The van der Waals surface area contributed by atoms with Crippen LogP contribution in [0, 0.1) is 0 Å². The summed E-state index contributed by atoms with van der Waals surface area (Å²) in [6.45, 7) is 0.815. The van der Waals surface area contributed by atoms with E-state index < -0.39 is 12.2 Å². The molecule has 1 aromatic heterocycles. The lowest BCUT2D eigenvalue weighted by Crippen LogP contribution is -2.44. The first-order valence-corrected chi connectivity index (χ1v) is 19.3. The van der Waals surface area contributed by atoms with E-state index in [-0.39, 0.29) is 29.9 Å². The van der Waals surface area contributed by atoms with Crippen molar-refractivity contribution < 1.29 is 24.9 Å². The summed E-state index contributed by atoms with van der Waals surface area (Å²) in [7, 11) is 0. The number of amides is 1. The number of aliphatic hydroxyl groups is 1. The van der Waals surface area contributed by atoms with Crippen molar-refractivity contribution in [2.75, 3.05) is 11.4 Å². The third-order valence-corrected chi connectivity index (χ3v) is 10.7. The Kier molecular flexibility index (Phi) is 12.1. The second-order valence-corrected chi connectivity index (χ2v) is 14.6. The molecule has 0 aliphatic heterocycles. The van der Waals surface area contributed by atoms with Gasteiger partial charge in [-0.25, -0.2) is 4.79 Å². The molecule has 1 amide bonds. The number of aliphatic hydroxyl groups excluding tert-OH is 1. The van der Waals surface area contributed by atoms with Crippen molar-refractivity contribution in [2.45, 2.75) is 69.7 Å². The van der Waals surface area contributed by atoms with Gasteiger partial charge in [0.25, 0.3) is 0 Å². The molecule has 0 unspecified atom stereocenters. The number of anilines is 1. The second-order valence-electron chi connectivity index (χ2n) is 14.6. The van der Waals surface area contributed by atoms with Gasteiger partial charge in [0.15, 0.2) is 0 Å². The molecule has 5 aromatic carbocycles. The Morgan fingerprint density at radius 1 is 0.821 bits per heavy atom. The lowest BCUT2D eigenvalue weighted by molar-refractivity contribution is 0.176. The van der Waals surface area contributed by atoms with Gasteiger partial charge >= 0.3 is 6.09 Å². The summed E-state index contributed by atoms with van der Waals surface area (Å²) in [6.07, 6.45) is 4.01. The number of phenols is 1. The van der Waals surface area contributed by atoms with E-state index in [4.69, 9.17) is 10.5 Å².